The number of pyridine rings is 1. The quantitative estimate of drug-likeness (QED) is 0.826. The summed E-state index contributed by atoms with van der Waals surface area (Å²) in [6.45, 7) is 5.71. The van der Waals surface area contributed by atoms with Gasteiger partial charge in [-0.05, 0) is 31.5 Å². The van der Waals surface area contributed by atoms with Crippen molar-refractivity contribution in [3.63, 3.8) is 0 Å². The summed E-state index contributed by atoms with van der Waals surface area (Å²) in [6, 6.07) is 3.87. The van der Waals surface area contributed by atoms with E-state index in [9.17, 15) is 4.79 Å². The van der Waals surface area contributed by atoms with E-state index >= 15 is 0 Å². The summed E-state index contributed by atoms with van der Waals surface area (Å²) >= 11 is 0. The Hall–Kier alpha value is -2.04. The molecule has 2 aromatic heterocycles. The lowest BCUT2D eigenvalue weighted by atomic mass is 10.2. The molecule has 0 radical (unpaired) electrons. The number of rotatable bonds is 4. The summed E-state index contributed by atoms with van der Waals surface area (Å²) in [5.41, 5.74) is 2.67. The largest absolute Gasteiger partial charge is 0.338 e. The number of Topliss-reactive ketones (excluding diaryl/α,β-unsaturated/α-hetero) is 1. The number of aryl methyl sites for hydroxylation is 2. The summed E-state index contributed by atoms with van der Waals surface area (Å²) in [4.78, 5) is 19.8. The third-order valence-electron chi connectivity index (χ3n) is 2.54. The Bertz CT molecular complexity index is 555. The molecule has 0 atom stereocenters. The third-order valence-corrected chi connectivity index (χ3v) is 2.54. The predicted octanol–water partition coefficient (Wildman–Crippen LogP) is 2.27. The molecule has 2 heterocycles. The molecule has 0 amide bonds. The van der Waals surface area contributed by atoms with Crippen LogP contribution in [0.2, 0.25) is 0 Å². The van der Waals surface area contributed by atoms with Crippen molar-refractivity contribution in [3.8, 4) is 11.5 Å². The number of hydrogen-bond acceptors (Lipinski definition) is 5. The first kappa shape index (κ1) is 12.4. The van der Waals surface area contributed by atoms with Crippen LogP contribution in [-0.4, -0.2) is 20.9 Å². The van der Waals surface area contributed by atoms with Crippen molar-refractivity contribution in [2.24, 2.45) is 0 Å². The lowest BCUT2D eigenvalue weighted by Crippen LogP contribution is -2.00. The molecule has 5 nitrogen and oxygen atoms in total. The van der Waals surface area contributed by atoms with Gasteiger partial charge < -0.3 is 4.52 Å². The van der Waals surface area contributed by atoms with Crippen molar-refractivity contribution in [1.29, 1.82) is 0 Å². The first-order valence-electron chi connectivity index (χ1n) is 5.88. The fraction of sp³-hybridized carbons (Fsp3) is 0.385. The van der Waals surface area contributed by atoms with Crippen LogP contribution in [0.4, 0.5) is 0 Å². The lowest BCUT2D eigenvalue weighted by molar-refractivity contribution is -0.118. The maximum Gasteiger partial charge on any atom is 0.234 e. The highest BCUT2D eigenvalue weighted by molar-refractivity contribution is 5.79. The molecule has 94 valence electrons. The monoisotopic (exact) mass is 245 g/mol. The van der Waals surface area contributed by atoms with Gasteiger partial charge in [0.05, 0.1) is 6.42 Å². The van der Waals surface area contributed by atoms with Gasteiger partial charge >= 0.3 is 0 Å². The summed E-state index contributed by atoms with van der Waals surface area (Å²) in [6.07, 6.45) is 0.661. The molecular formula is C13H15N3O2. The number of ketones is 1. The highest BCUT2D eigenvalue weighted by Crippen LogP contribution is 2.16. The second-order valence-electron chi connectivity index (χ2n) is 4.25. The average molecular weight is 245 g/mol. The maximum atomic E-state index is 11.3. The molecule has 0 saturated carbocycles. The normalized spacial score (nSPS) is 10.6. The van der Waals surface area contributed by atoms with Crippen molar-refractivity contribution in [1.82, 2.24) is 15.1 Å². The predicted molar refractivity (Wildman–Crippen MR) is 66.0 cm³/mol. The van der Waals surface area contributed by atoms with Crippen LogP contribution in [-0.2, 0) is 11.2 Å². The van der Waals surface area contributed by atoms with Gasteiger partial charge in [-0.25, -0.2) is 4.98 Å². The number of carbonyl (C=O) groups is 1. The van der Waals surface area contributed by atoms with E-state index in [0.29, 0.717) is 23.8 Å². The third kappa shape index (κ3) is 2.80. The Labute approximate surface area is 105 Å². The van der Waals surface area contributed by atoms with Crippen LogP contribution in [0.5, 0.6) is 0 Å². The van der Waals surface area contributed by atoms with E-state index in [2.05, 4.69) is 15.1 Å². The second kappa shape index (κ2) is 5.08. The molecule has 2 aromatic rings. The first-order chi connectivity index (χ1) is 8.58. The Kier molecular flexibility index (Phi) is 3.50. The van der Waals surface area contributed by atoms with Crippen LogP contribution in [0.25, 0.3) is 11.5 Å². The standard InChI is InChI=1S/C13H15N3O2/c1-4-10(17)7-12-15-13(16-18-12)11-6-8(2)5-9(3)14-11/h5-6H,4,7H2,1-3H3. The molecule has 0 saturated heterocycles. The van der Waals surface area contributed by atoms with Crippen LogP contribution in [0.1, 0.15) is 30.5 Å². The summed E-state index contributed by atoms with van der Waals surface area (Å²) in [5.74, 6) is 0.858. The minimum absolute atomic E-state index is 0.0820. The van der Waals surface area contributed by atoms with E-state index in [1.807, 2.05) is 32.9 Å². The molecule has 0 fully saturated rings. The number of hydrogen-bond donors (Lipinski definition) is 0. The highest BCUT2D eigenvalue weighted by atomic mass is 16.5. The number of aromatic nitrogens is 3. The van der Waals surface area contributed by atoms with Crippen LogP contribution in [0.15, 0.2) is 16.7 Å². The molecule has 5 heteroatoms. The molecule has 0 aliphatic rings. The lowest BCUT2D eigenvalue weighted by Gasteiger charge is -1.98. The Balaban J connectivity index is 2.26. The van der Waals surface area contributed by atoms with Crippen molar-refractivity contribution in [2.75, 3.05) is 0 Å². The van der Waals surface area contributed by atoms with Crippen molar-refractivity contribution >= 4 is 5.78 Å². The van der Waals surface area contributed by atoms with E-state index in [4.69, 9.17) is 4.52 Å². The smallest absolute Gasteiger partial charge is 0.234 e. The van der Waals surface area contributed by atoms with Crippen molar-refractivity contribution < 1.29 is 9.32 Å². The fourth-order valence-electron chi connectivity index (χ4n) is 1.68. The summed E-state index contributed by atoms with van der Waals surface area (Å²) in [5, 5.41) is 3.86. The van der Waals surface area contributed by atoms with Crippen LogP contribution >= 0.6 is 0 Å². The van der Waals surface area contributed by atoms with Crippen molar-refractivity contribution in [2.45, 2.75) is 33.6 Å². The van der Waals surface area contributed by atoms with Gasteiger partial charge in [-0.3, -0.25) is 4.79 Å². The van der Waals surface area contributed by atoms with Gasteiger partial charge in [-0.1, -0.05) is 12.1 Å². The molecule has 2 rings (SSSR count). The zero-order valence-corrected chi connectivity index (χ0v) is 10.7. The average Bonchev–Trinajstić information content (AvgIpc) is 2.76. The topological polar surface area (TPSA) is 68.9 Å². The van der Waals surface area contributed by atoms with Crippen LogP contribution in [0.3, 0.4) is 0 Å². The Morgan fingerprint density at radius 2 is 2.06 bits per heavy atom. The molecule has 18 heavy (non-hydrogen) atoms. The maximum absolute atomic E-state index is 11.3. The van der Waals surface area contributed by atoms with Crippen molar-refractivity contribution in [3.05, 3.63) is 29.3 Å². The molecule has 0 bridgehead atoms. The number of nitrogens with zero attached hydrogens (tertiary/aromatic N) is 3. The van der Waals surface area contributed by atoms with E-state index in [1.54, 1.807) is 0 Å². The zero-order valence-electron chi connectivity index (χ0n) is 10.7. The molecule has 0 aliphatic heterocycles. The van der Waals surface area contributed by atoms with Crippen LogP contribution < -0.4 is 0 Å². The van der Waals surface area contributed by atoms with Gasteiger partial charge in [0.15, 0.2) is 0 Å². The highest BCUT2D eigenvalue weighted by Gasteiger charge is 2.12. The Morgan fingerprint density at radius 3 is 2.72 bits per heavy atom. The van der Waals surface area contributed by atoms with E-state index < -0.39 is 0 Å². The van der Waals surface area contributed by atoms with Crippen LogP contribution in [0, 0.1) is 13.8 Å². The van der Waals surface area contributed by atoms with Gasteiger partial charge in [-0.2, -0.15) is 4.98 Å². The molecular weight excluding hydrogens is 230 g/mol. The van der Waals surface area contributed by atoms with E-state index in [1.165, 1.54) is 0 Å². The molecule has 0 spiro atoms. The van der Waals surface area contributed by atoms with Gasteiger partial charge in [-0.15, -0.1) is 0 Å². The van der Waals surface area contributed by atoms with Gasteiger partial charge in [0.2, 0.25) is 11.7 Å². The molecule has 0 unspecified atom stereocenters. The molecule has 0 N–H and O–H groups in total. The van der Waals surface area contributed by atoms with Gasteiger partial charge in [0.25, 0.3) is 0 Å². The second-order valence-corrected chi connectivity index (χ2v) is 4.25. The SMILES string of the molecule is CCC(=O)Cc1nc(-c2cc(C)cc(C)n2)no1. The first-order valence-corrected chi connectivity index (χ1v) is 5.88. The Morgan fingerprint density at radius 1 is 1.28 bits per heavy atom. The van der Waals surface area contributed by atoms with E-state index in [0.717, 1.165) is 11.3 Å². The molecule has 0 aromatic carbocycles. The minimum Gasteiger partial charge on any atom is -0.338 e. The van der Waals surface area contributed by atoms with E-state index in [-0.39, 0.29) is 12.2 Å². The zero-order chi connectivity index (χ0) is 13.1. The van der Waals surface area contributed by atoms with Gasteiger partial charge in [0.1, 0.15) is 11.5 Å². The summed E-state index contributed by atoms with van der Waals surface area (Å²) < 4.78 is 5.05. The fourth-order valence-corrected chi connectivity index (χ4v) is 1.68. The number of carbonyl (C=O) groups excluding carboxylic acids is 1. The van der Waals surface area contributed by atoms with Gasteiger partial charge in [0, 0.05) is 12.1 Å². The molecule has 0 aliphatic carbocycles. The summed E-state index contributed by atoms with van der Waals surface area (Å²) in [7, 11) is 0. The minimum atomic E-state index is 0.0820.